The van der Waals surface area contributed by atoms with E-state index in [2.05, 4.69) is 30.1 Å². The van der Waals surface area contributed by atoms with E-state index in [0.717, 1.165) is 43.6 Å². The van der Waals surface area contributed by atoms with Crippen molar-refractivity contribution >= 4 is 0 Å². The van der Waals surface area contributed by atoms with E-state index in [-0.39, 0.29) is 0 Å². The van der Waals surface area contributed by atoms with Crippen LogP contribution in [0.4, 0.5) is 0 Å². The van der Waals surface area contributed by atoms with Crippen LogP contribution in [0.1, 0.15) is 50.9 Å². The Morgan fingerprint density at radius 2 is 2.00 bits per heavy atom. The third-order valence-corrected chi connectivity index (χ3v) is 4.67. The number of nitrogens with zero attached hydrogens (tertiary/aromatic N) is 2. The van der Waals surface area contributed by atoms with E-state index in [1.165, 1.54) is 5.56 Å². The second kappa shape index (κ2) is 5.60. The molecule has 4 heteroatoms. The topological polar surface area (TPSA) is 64.9 Å². The van der Waals surface area contributed by atoms with Gasteiger partial charge in [-0.05, 0) is 49.7 Å². The van der Waals surface area contributed by atoms with E-state index in [1.54, 1.807) is 0 Å². The minimum atomic E-state index is -0.421. The Morgan fingerprint density at radius 1 is 1.29 bits per heavy atom. The number of hydrogen-bond donors (Lipinski definition) is 1. The number of nitrogens with two attached hydrogens (primary N) is 1. The second-order valence-electron chi connectivity index (χ2n) is 6.27. The molecule has 0 spiro atoms. The molecule has 0 radical (unpaired) electrons. The highest BCUT2D eigenvalue weighted by Crippen LogP contribution is 2.36. The maximum absolute atomic E-state index is 6.52. The van der Waals surface area contributed by atoms with Gasteiger partial charge < -0.3 is 10.3 Å². The van der Waals surface area contributed by atoms with E-state index in [0.29, 0.717) is 11.7 Å². The lowest BCUT2D eigenvalue weighted by atomic mass is 9.77. The summed E-state index contributed by atoms with van der Waals surface area (Å²) in [6, 6.07) is 8.16. The summed E-state index contributed by atoms with van der Waals surface area (Å²) in [5, 5.41) is 4.18. The first-order valence-electron chi connectivity index (χ1n) is 7.84. The van der Waals surface area contributed by atoms with Gasteiger partial charge in [0, 0.05) is 5.56 Å². The molecule has 0 saturated heterocycles. The predicted molar refractivity (Wildman–Crippen MR) is 82.6 cm³/mol. The van der Waals surface area contributed by atoms with Gasteiger partial charge in [-0.15, -0.1) is 0 Å². The van der Waals surface area contributed by atoms with Crippen molar-refractivity contribution in [2.24, 2.45) is 11.7 Å². The number of aryl methyl sites for hydroxylation is 1. The number of benzene rings is 1. The summed E-state index contributed by atoms with van der Waals surface area (Å²) in [6.07, 6.45) is 5.07. The lowest BCUT2D eigenvalue weighted by Crippen LogP contribution is -2.41. The fraction of sp³-hybridized carbons (Fsp3) is 0.529. The van der Waals surface area contributed by atoms with E-state index >= 15 is 0 Å². The molecule has 2 aromatic rings. The first kappa shape index (κ1) is 14.3. The summed E-state index contributed by atoms with van der Waals surface area (Å²) in [7, 11) is 0. The molecule has 1 aliphatic carbocycles. The Hall–Kier alpha value is -1.68. The summed E-state index contributed by atoms with van der Waals surface area (Å²) < 4.78 is 5.50. The smallest absolute Gasteiger partial charge is 0.258 e. The summed E-state index contributed by atoms with van der Waals surface area (Å²) in [5.74, 6) is 2.00. The molecule has 1 aliphatic rings. The molecule has 1 aromatic carbocycles. The summed E-state index contributed by atoms with van der Waals surface area (Å²) >= 11 is 0. The molecule has 0 unspecified atom stereocenters. The highest BCUT2D eigenvalue weighted by atomic mass is 16.5. The van der Waals surface area contributed by atoms with Crippen molar-refractivity contribution in [3.63, 3.8) is 0 Å². The van der Waals surface area contributed by atoms with Gasteiger partial charge in [0.1, 0.15) is 0 Å². The molecule has 2 N–H and O–H groups in total. The molecule has 0 aliphatic heterocycles. The average Bonchev–Trinajstić information content (AvgIpc) is 3.01. The molecule has 1 saturated carbocycles. The molecule has 0 amide bonds. The van der Waals surface area contributed by atoms with Crippen LogP contribution in [0, 0.1) is 5.92 Å². The normalized spacial score (nSPS) is 26.0. The molecule has 4 nitrogen and oxygen atoms in total. The number of aromatic nitrogens is 2. The van der Waals surface area contributed by atoms with E-state index in [4.69, 9.17) is 10.3 Å². The van der Waals surface area contributed by atoms with Crippen molar-refractivity contribution in [2.75, 3.05) is 0 Å². The molecule has 112 valence electrons. The third-order valence-electron chi connectivity index (χ3n) is 4.67. The van der Waals surface area contributed by atoms with Crippen LogP contribution >= 0.6 is 0 Å². The van der Waals surface area contributed by atoms with Gasteiger partial charge in [-0.3, -0.25) is 0 Å². The quantitative estimate of drug-likeness (QED) is 0.934. The molecular formula is C17H23N3O. The Balaban J connectivity index is 1.90. The highest BCUT2D eigenvalue weighted by molar-refractivity contribution is 5.58. The molecule has 1 fully saturated rings. The Morgan fingerprint density at radius 3 is 2.71 bits per heavy atom. The number of rotatable bonds is 3. The minimum absolute atomic E-state index is 0.421. The van der Waals surface area contributed by atoms with Crippen molar-refractivity contribution in [3.05, 3.63) is 35.7 Å². The minimum Gasteiger partial charge on any atom is -0.334 e. The molecule has 0 atom stereocenters. The van der Waals surface area contributed by atoms with Crippen molar-refractivity contribution in [2.45, 2.75) is 51.5 Å². The summed E-state index contributed by atoms with van der Waals surface area (Å²) in [4.78, 5) is 4.61. The van der Waals surface area contributed by atoms with Crippen LogP contribution in [0.2, 0.25) is 0 Å². The van der Waals surface area contributed by atoms with Crippen molar-refractivity contribution in [3.8, 4) is 11.5 Å². The van der Waals surface area contributed by atoms with Gasteiger partial charge in [0.05, 0.1) is 5.54 Å². The Labute approximate surface area is 125 Å². The zero-order chi connectivity index (χ0) is 14.9. The maximum Gasteiger partial charge on any atom is 0.258 e. The van der Waals surface area contributed by atoms with Gasteiger partial charge in [0.2, 0.25) is 0 Å². The first-order valence-corrected chi connectivity index (χ1v) is 7.84. The lowest BCUT2D eigenvalue weighted by Gasteiger charge is -2.33. The average molecular weight is 285 g/mol. The van der Waals surface area contributed by atoms with Crippen molar-refractivity contribution < 1.29 is 4.52 Å². The van der Waals surface area contributed by atoms with Crippen LogP contribution < -0.4 is 5.73 Å². The second-order valence-corrected chi connectivity index (χ2v) is 6.27. The zero-order valence-electron chi connectivity index (χ0n) is 12.8. The predicted octanol–water partition coefficient (Wildman–Crippen LogP) is 3.66. The fourth-order valence-corrected chi connectivity index (χ4v) is 3.07. The third kappa shape index (κ3) is 2.72. The van der Waals surface area contributed by atoms with Gasteiger partial charge in [-0.2, -0.15) is 4.98 Å². The van der Waals surface area contributed by atoms with Crippen LogP contribution in [0.3, 0.4) is 0 Å². The van der Waals surface area contributed by atoms with Gasteiger partial charge in [-0.1, -0.05) is 37.2 Å². The van der Waals surface area contributed by atoms with Crippen LogP contribution in [0.25, 0.3) is 11.5 Å². The van der Waals surface area contributed by atoms with Gasteiger partial charge in [-0.25, -0.2) is 0 Å². The molecule has 1 aromatic heterocycles. The van der Waals surface area contributed by atoms with Gasteiger partial charge in [0.25, 0.3) is 5.89 Å². The van der Waals surface area contributed by atoms with E-state index in [9.17, 15) is 0 Å². The van der Waals surface area contributed by atoms with Crippen LogP contribution in [-0.2, 0) is 12.0 Å². The zero-order valence-corrected chi connectivity index (χ0v) is 12.8. The fourth-order valence-electron chi connectivity index (χ4n) is 3.07. The standard InChI is InChI=1S/C17H23N3O/c1-3-13-6-4-5-7-14(13)15-19-16(20-21-15)17(18)10-8-12(2)9-11-17/h4-7,12H,3,8-11,18H2,1-2H3. The van der Waals surface area contributed by atoms with Gasteiger partial charge in [0.15, 0.2) is 5.82 Å². The van der Waals surface area contributed by atoms with Gasteiger partial charge >= 0.3 is 0 Å². The summed E-state index contributed by atoms with van der Waals surface area (Å²) in [6.45, 7) is 4.40. The molecule has 0 bridgehead atoms. The summed E-state index contributed by atoms with van der Waals surface area (Å²) in [5.41, 5.74) is 8.34. The molecule has 3 rings (SSSR count). The lowest BCUT2D eigenvalue weighted by molar-refractivity contribution is 0.230. The first-order chi connectivity index (χ1) is 10.1. The van der Waals surface area contributed by atoms with Crippen LogP contribution in [-0.4, -0.2) is 10.1 Å². The van der Waals surface area contributed by atoms with Crippen molar-refractivity contribution in [1.82, 2.24) is 10.1 Å². The maximum atomic E-state index is 6.52. The van der Waals surface area contributed by atoms with Crippen LogP contribution in [0.15, 0.2) is 28.8 Å². The molecule has 21 heavy (non-hydrogen) atoms. The Kier molecular flexibility index (Phi) is 3.81. The SMILES string of the molecule is CCc1ccccc1-c1nc(C2(N)CCC(C)CC2)no1. The monoisotopic (exact) mass is 285 g/mol. The highest BCUT2D eigenvalue weighted by Gasteiger charge is 2.36. The largest absolute Gasteiger partial charge is 0.334 e. The van der Waals surface area contributed by atoms with E-state index in [1.807, 2.05) is 18.2 Å². The molecular weight excluding hydrogens is 262 g/mol. The Bertz CT molecular complexity index is 612. The van der Waals surface area contributed by atoms with Crippen molar-refractivity contribution in [1.29, 1.82) is 0 Å². The molecule has 1 heterocycles. The van der Waals surface area contributed by atoms with E-state index < -0.39 is 5.54 Å². The van der Waals surface area contributed by atoms with Crippen LogP contribution in [0.5, 0.6) is 0 Å². The number of hydrogen-bond acceptors (Lipinski definition) is 4.